The van der Waals surface area contributed by atoms with Crippen LogP contribution >= 0.6 is 0 Å². The Morgan fingerprint density at radius 3 is 2.62 bits per heavy atom. The quantitative estimate of drug-likeness (QED) is 0.371. The third kappa shape index (κ3) is 6.50. The molecular weight excluding hydrogens is 186 g/mol. The van der Waals surface area contributed by atoms with Gasteiger partial charge in [-0.15, -0.1) is 0 Å². The van der Waals surface area contributed by atoms with Crippen molar-refractivity contribution in [1.29, 1.82) is 0 Å². The summed E-state index contributed by atoms with van der Waals surface area (Å²) in [6.07, 6.45) is 2.13. The number of carbonyl (C=O) groups excluding carboxylic acids is 1. The molecule has 0 aromatic rings. The van der Waals surface area contributed by atoms with Crippen molar-refractivity contribution in [2.24, 2.45) is 0 Å². The van der Waals surface area contributed by atoms with Crippen LogP contribution in [0.4, 0.5) is 0 Å². The molecule has 1 N–H and O–H groups in total. The summed E-state index contributed by atoms with van der Waals surface area (Å²) in [6.45, 7) is 4.00. The molecule has 0 bridgehead atoms. The average molecular weight is 202 g/mol. The number of rotatable bonds is 7. The van der Waals surface area contributed by atoms with Crippen LogP contribution in [0.25, 0.3) is 0 Å². The van der Waals surface area contributed by atoms with E-state index >= 15 is 0 Å². The Morgan fingerprint density at radius 1 is 1.54 bits per heavy atom. The lowest BCUT2D eigenvalue weighted by molar-refractivity contribution is -0.116. The van der Waals surface area contributed by atoms with Crippen LogP contribution in [0.1, 0.15) is 6.42 Å². The summed E-state index contributed by atoms with van der Waals surface area (Å²) in [7, 11) is 2.17. The third-order valence-electron chi connectivity index (χ3n) is 1.50. The number of amides is 1. The Morgan fingerprint density at radius 2 is 2.15 bits per heavy atom. The van der Waals surface area contributed by atoms with Gasteiger partial charge < -0.3 is 14.2 Å². The summed E-state index contributed by atoms with van der Waals surface area (Å²) < 4.78 is 10.2. The zero-order valence-electron chi connectivity index (χ0n) is 8.13. The van der Waals surface area contributed by atoms with Gasteiger partial charge in [-0.05, 0) is 18.5 Å². The number of hydrogen-bond donors (Lipinski definition) is 1. The Labute approximate surface area is 80.8 Å². The number of nitrogens with one attached hydrogen (secondary N) is 1. The monoisotopic (exact) mass is 202 g/mol. The van der Waals surface area contributed by atoms with Gasteiger partial charge in [0, 0.05) is 20.8 Å². The van der Waals surface area contributed by atoms with Crippen LogP contribution in [0, 0.1) is 0 Å². The van der Waals surface area contributed by atoms with E-state index in [1.807, 2.05) is 0 Å². The molecule has 5 heteroatoms. The first-order chi connectivity index (χ1) is 6.24. The van der Waals surface area contributed by atoms with E-state index in [0.717, 1.165) is 12.5 Å². The van der Waals surface area contributed by atoms with E-state index in [9.17, 15) is 4.79 Å². The minimum atomic E-state index is -1.10. The topological polar surface area (TPSA) is 47.6 Å². The van der Waals surface area contributed by atoms with Crippen LogP contribution in [0.5, 0.6) is 0 Å². The van der Waals surface area contributed by atoms with Crippen LogP contribution < -0.4 is 5.32 Å². The molecular formula is C8H16NO3Si. The molecule has 0 rings (SSSR count). The molecule has 0 aromatic heterocycles. The normalized spacial score (nSPS) is 10.1. The van der Waals surface area contributed by atoms with Gasteiger partial charge in [-0.1, -0.05) is 6.58 Å². The summed E-state index contributed by atoms with van der Waals surface area (Å²) in [6, 6.07) is 0.870. The van der Waals surface area contributed by atoms with Crippen LogP contribution in [0.15, 0.2) is 12.7 Å². The molecule has 0 aliphatic rings. The SMILES string of the molecule is C=CC(=O)NCCC[Si](OC)OC. The largest absolute Gasteiger partial charge is 0.397 e. The first-order valence-corrected chi connectivity index (χ1v) is 5.61. The minimum Gasteiger partial charge on any atom is -0.397 e. The highest BCUT2D eigenvalue weighted by molar-refractivity contribution is 6.44. The van der Waals surface area contributed by atoms with Crippen LogP contribution in [-0.4, -0.2) is 36.0 Å². The van der Waals surface area contributed by atoms with Crippen molar-refractivity contribution in [3.63, 3.8) is 0 Å². The Bertz CT molecular complexity index is 159. The number of carbonyl (C=O) groups is 1. The van der Waals surface area contributed by atoms with Crippen molar-refractivity contribution in [3.8, 4) is 0 Å². The van der Waals surface area contributed by atoms with E-state index in [1.54, 1.807) is 14.2 Å². The van der Waals surface area contributed by atoms with Crippen molar-refractivity contribution in [2.75, 3.05) is 20.8 Å². The molecule has 0 heterocycles. The van der Waals surface area contributed by atoms with Crippen molar-refractivity contribution in [1.82, 2.24) is 5.32 Å². The second-order valence-corrected chi connectivity index (χ2v) is 4.44. The van der Waals surface area contributed by atoms with Crippen molar-refractivity contribution >= 4 is 15.2 Å². The first-order valence-electron chi connectivity index (χ1n) is 4.08. The summed E-state index contributed by atoms with van der Waals surface area (Å²) in [5, 5.41) is 2.68. The zero-order valence-corrected chi connectivity index (χ0v) is 9.13. The molecule has 1 radical (unpaired) electrons. The van der Waals surface area contributed by atoms with Crippen LogP contribution in [0.2, 0.25) is 6.04 Å². The highest BCUT2D eigenvalue weighted by Gasteiger charge is 2.10. The van der Waals surface area contributed by atoms with Crippen molar-refractivity contribution in [3.05, 3.63) is 12.7 Å². The second-order valence-electron chi connectivity index (χ2n) is 2.38. The molecule has 75 valence electrons. The predicted molar refractivity (Wildman–Crippen MR) is 52.4 cm³/mol. The van der Waals surface area contributed by atoms with Gasteiger partial charge in [0.05, 0.1) is 0 Å². The summed E-state index contributed by atoms with van der Waals surface area (Å²) in [4.78, 5) is 10.7. The molecule has 0 aromatic carbocycles. The first kappa shape index (κ1) is 12.3. The van der Waals surface area contributed by atoms with Crippen LogP contribution in [0.3, 0.4) is 0 Å². The molecule has 0 unspecified atom stereocenters. The fourth-order valence-corrected chi connectivity index (χ4v) is 1.84. The van der Waals surface area contributed by atoms with E-state index in [0.29, 0.717) is 6.54 Å². The fraction of sp³-hybridized carbons (Fsp3) is 0.625. The standard InChI is InChI=1S/C8H16NO3Si/c1-4-8(10)9-6-5-7-13(11-2)12-3/h4H,1,5-7H2,2-3H3,(H,9,10). The Hall–Kier alpha value is -0.653. The van der Waals surface area contributed by atoms with E-state index in [4.69, 9.17) is 8.85 Å². The lowest BCUT2D eigenvalue weighted by Crippen LogP contribution is -2.25. The van der Waals surface area contributed by atoms with Gasteiger partial charge in [-0.25, -0.2) is 0 Å². The molecule has 0 spiro atoms. The molecule has 0 saturated heterocycles. The molecule has 0 aliphatic heterocycles. The minimum absolute atomic E-state index is 0.136. The van der Waals surface area contributed by atoms with Crippen molar-refractivity contribution in [2.45, 2.75) is 12.5 Å². The average Bonchev–Trinajstić information content (AvgIpc) is 2.18. The van der Waals surface area contributed by atoms with Crippen LogP contribution in [-0.2, 0) is 13.6 Å². The summed E-state index contributed by atoms with van der Waals surface area (Å²) in [5.41, 5.74) is 0. The molecule has 0 fully saturated rings. The third-order valence-corrected chi connectivity index (χ3v) is 3.17. The van der Waals surface area contributed by atoms with Gasteiger partial charge in [0.25, 0.3) is 0 Å². The molecule has 0 saturated carbocycles. The maximum Gasteiger partial charge on any atom is 0.384 e. The zero-order chi connectivity index (χ0) is 10.1. The maximum absolute atomic E-state index is 10.7. The Kier molecular flexibility index (Phi) is 7.57. The van der Waals surface area contributed by atoms with Crippen molar-refractivity contribution < 1.29 is 13.6 Å². The molecule has 13 heavy (non-hydrogen) atoms. The lowest BCUT2D eigenvalue weighted by Gasteiger charge is -2.08. The number of hydrogen-bond acceptors (Lipinski definition) is 3. The Balaban J connectivity index is 3.33. The van der Waals surface area contributed by atoms with Gasteiger partial charge in [0.15, 0.2) is 0 Å². The molecule has 1 amide bonds. The smallest absolute Gasteiger partial charge is 0.384 e. The van der Waals surface area contributed by atoms with E-state index in [2.05, 4.69) is 11.9 Å². The second kappa shape index (κ2) is 7.97. The predicted octanol–water partition coefficient (Wildman–Crippen LogP) is 0.460. The molecule has 4 nitrogen and oxygen atoms in total. The maximum atomic E-state index is 10.7. The molecule has 0 aliphatic carbocycles. The molecule has 0 atom stereocenters. The summed E-state index contributed by atoms with van der Waals surface area (Å²) >= 11 is 0. The summed E-state index contributed by atoms with van der Waals surface area (Å²) in [5.74, 6) is -0.136. The highest BCUT2D eigenvalue weighted by Crippen LogP contribution is 1.97. The van der Waals surface area contributed by atoms with Gasteiger partial charge in [-0.2, -0.15) is 0 Å². The van der Waals surface area contributed by atoms with Gasteiger partial charge >= 0.3 is 9.28 Å². The highest BCUT2D eigenvalue weighted by atomic mass is 28.3. The van der Waals surface area contributed by atoms with Gasteiger partial charge in [0.2, 0.25) is 5.91 Å². The van der Waals surface area contributed by atoms with E-state index in [-0.39, 0.29) is 5.91 Å². The fourth-order valence-electron chi connectivity index (χ4n) is 0.804. The van der Waals surface area contributed by atoms with E-state index in [1.165, 1.54) is 6.08 Å². The lowest BCUT2D eigenvalue weighted by atomic mass is 10.4. The van der Waals surface area contributed by atoms with Gasteiger partial charge in [-0.3, -0.25) is 4.79 Å². The van der Waals surface area contributed by atoms with E-state index < -0.39 is 9.28 Å². The van der Waals surface area contributed by atoms with Gasteiger partial charge in [0.1, 0.15) is 0 Å².